The average Bonchev–Trinajstić information content (AvgIpc) is 2.39. The summed E-state index contributed by atoms with van der Waals surface area (Å²) in [5.74, 6) is -0.485. The molecule has 0 amide bonds. The smallest absolute Gasteiger partial charge is 0.338 e. The summed E-state index contributed by atoms with van der Waals surface area (Å²) < 4.78 is 4.95. The van der Waals surface area contributed by atoms with Crippen LogP contribution in [0, 0.1) is 17.2 Å². The first-order valence-corrected chi connectivity index (χ1v) is 6.17. The van der Waals surface area contributed by atoms with Gasteiger partial charge in [-0.3, -0.25) is 0 Å². The maximum Gasteiger partial charge on any atom is 0.338 e. The molecule has 0 aliphatic rings. The van der Waals surface area contributed by atoms with Gasteiger partial charge >= 0.3 is 5.97 Å². The van der Waals surface area contributed by atoms with Gasteiger partial charge in [-0.2, -0.15) is 5.26 Å². The van der Waals surface area contributed by atoms with E-state index >= 15 is 0 Å². The summed E-state index contributed by atoms with van der Waals surface area (Å²) >= 11 is 0. The Bertz CT molecular complexity index is 494. The zero-order chi connectivity index (χ0) is 14.4. The molecule has 0 saturated carbocycles. The Balaban J connectivity index is 2.97. The Hall–Kier alpha value is -2.22. The highest BCUT2D eigenvalue weighted by Crippen LogP contribution is 2.24. The maximum absolute atomic E-state index is 11.7. The fourth-order valence-electron chi connectivity index (χ4n) is 1.77. The molecule has 1 aromatic rings. The van der Waals surface area contributed by atoms with Crippen LogP contribution in [0.2, 0.25) is 0 Å². The number of hydrogen-bond donors (Lipinski definition) is 1. The first-order valence-electron chi connectivity index (χ1n) is 6.17. The van der Waals surface area contributed by atoms with Crippen LogP contribution >= 0.6 is 0 Å². The van der Waals surface area contributed by atoms with Crippen LogP contribution in [0.1, 0.15) is 24.2 Å². The van der Waals surface area contributed by atoms with Crippen molar-refractivity contribution >= 4 is 17.3 Å². The minimum atomic E-state index is -0.370. The number of nitrogens with zero attached hydrogens (tertiary/aromatic N) is 2. The van der Waals surface area contributed by atoms with Crippen LogP contribution in [0.15, 0.2) is 18.2 Å². The van der Waals surface area contributed by atoms with Gasteiger partial charge in [-0.05, 0) is 32.0 Å². The number of benzene rings is 1. The lowest BCUT2D eigenvalue weighted by molar-refractivity contribution is 0.0526. The molecular weight excluding hydrogens is 242 g/mol. The molecule has 2 N–H and O–H groups in total. The van der Waals surface area contributed by atoms with Gasteiger partial charge in [-0.25, -0.2) is 4.79 Å². The largest absolute Gasteiger partial charge is 0.462 e. The predicted molar refractivity (Wildman–Crippen MR) is 74.9 cm³/mol. The molecular formula is C14H19N3O2. The van der Waals surface area contributed by atoms with E-state index in [4.69, 9.17) is 15.7 Å². The standard InChI is InChI=1S/C14H19N3O2/c1-4-19-14(18)11-5-6-12(16)13(7-11)17(3)9-10(2)8-15/h5-7,10H,4,9,16H2,1-3H3. The molecule has 5 nitrogen and oxygen atoms in total. The monoisotopic (exact) mass is 261 g/mol. The Morgan fingerprint density at radius 1 is 1.58 bits per heavy atom. The van der Waals surface area contributed by atoms with E-state index in [0.29, 0.717) is 24.4 Å². The van der Waals surface area contributed by atoms with E-state index in [0.717, 1.165) is 5.69 Å². The highest BCUT2D eigenvalue weighted by Gasteiger charge is 2.13. The molecule has 0 saturated heterocycles. The number of carbonyl (C=O) groups is 1. The van der Waals surface area contributed by atoms with Crippen LogP contribution in [0.25, 0.3) is 0 Å². The summed E-state index contributed by atoms with van der Waals surface area (Å²) in [6.45, 7) is 4.48. The van der Waals surface area contributed by atoms with E-state index in [1.807, 2.05) is 18.9 Å². The summed E-state index contributed by atoms with van der Waals surface area (Å²) in [5, 5.41) is 8.83. The minimum absolute atomic E-state index is 0.115. The number of ether oxygens (including phenoxy) is 1. The fraction of sp³-hybridized carbons (Fsp3) is 0.429. The minimum Gasteiger partial charge on any atom is -0.462 e. The van der Waals surface area contributed by atoms with E-state index in [1.54, 1.807) is 25.1 Å². The number of hydrogen-bond acceptors (Lipinski definition) is 5. The number of nitrogens with two attached hydrogens (primary N) is 1. The number of rotatable bonds is 5. The number of carbonyl (C=O) groups excluding carboxylic acids is 1. The lowest BCUT2D eigenvalue weighted by atomic mass is 10.1. The molecule has 0 spiro atoms. The Morgan fingerprint density at radius 3 is 2.84 bits per heavy atom. The Morgan fingerprint density at radius 2 is 2.26 bits per heavy atom. The molecule has 1 atom stereocenters. The van der Waals surface area contributed by atoms with Crippen molar-refractivity contribution in [3.05, 3.63) is 23.8 Å². The van der Waals surface area contributed by atoms with Crippen molar-refractivity contribution in [3.8, 4) is 6.07 Å². The van der Waals surface area contributed by atoms with Gasteiger partial charge < -0.3 is 15.4 Å². The number of anilines is 2. The van der Waals surface area contributed by atoms with Crippen molar-refractivity contribution in [3.63, 3.8) is 0 Å². The van der Waals surface area contributed by atoms with Crippen LogP contribution in [0.5, 0.6) is 0 Å². The first-order chi connectivity index (χ1) is 8.99. The first kappa shape index (κ1) is 14.8. The van der Waals surface area contributed by atoms with E-state index in [9.17, 15) is 4.79 Å². The highest BCUT2D eigenvalue weighted by molar-refractivity contribution is 5.92. The molecule has 0 heterocycles. The van der Waals surface area contributed by atoms with Gasteiger partial charge in [-0.1, -0.05) is 0 Å². The van der Waals surface area contributed by atoms with Crippen LogP contribution < -0.4 is 10.6 Å². The number of nitrogen functional groups attached to an aromatic ring is 1. The lowest BCUT2D eigenvalue weighted by Gasteiger charge is -2.22. The van der Waals surface area contributed by atoms with Crippen molar-refractivity contribution in [2.75, 3.05) is 30.8 Å². The molecule has 0 aromatic heterocycles. The van der Waals surface area contributed by atoms with Gasteiger partial charge in [0.1, 0.15) is 0 Å². The summed E-state index contributed by atoms with van der Waals surface area (Å²) in [6.07, 6.45) is 0. The van der Waals surface area contributed by atoms with Gasteiger partial charge in [0, 0.05) is 13.6 Å². The zero-order valence-electron chi connectivity index (χ0n) is 11.5. The van der Waals surface area contributed by atoms with Crippen LogP contribution in [0.4, 0.5) is 11.4 Å². The van der Waals surface area contributed by atoms with Crippen molar-refractivity contribution in [1.29, 1.82) is 5.26 Å². The average molecular weight is 261 g/mol. The molecule has 0 radical (unpaired) electrons. The third-order valence-corrected chi connectivity index (χ3v) is 2.72. The van der Waals surface area contributed by atoms with Crippen molar-refractivity contribution in [2.45, 2.75) is 13.8 Å². The quantitative estimate of drug-likeness (QED) is 0.648. The third-order valence-electron chi connectivity index (χ3n) is 2.72. The van der Waals surface area contributed by atoms with E-state index < -0.39 is 0 Å². The summed E-state index contributed by atoms with van der Waals surface area (Å²) in [5.41, 5.74) is 7.66. The number of nitriles is 1. The molecule has 5 heteroatoms. The number of esters is 1. The SMILES string of the molecule is CCOC(=O)c1ccc(N)c(N(C)CC(C)C#N)c1. The second kappa shape index (κ2) is 6.64. The van der Waals surface area contributed by atoms with Gasteiger partial charge in [0.15, 0.2) is 0 Å². The molecule has 0 aliphatic heterocycles. The van der Waals surface area contributed by atoms with Crippen LogP contribution in [0.3, 0.4) is 0 Å². The van der Waals surface area contributed by atoms with Gasteiger partial charge in [0.05, 0.1) is 35.5 Å². The Kier molecular flexibility index (Phi) is 5.19. The van der Waals surface area contributed by atoms with Crippen molar-refractivity contribution < 1.29 is 9.53 Å². The predicted octanol–water partition coefficient (Wildman–Crippen LogP) is 2.04. The fourth-order valence-corrected chi connectivity index (χ4v) is 1.77. The zero-order valence-corrected chi connectivity index (χ0v) is 11.5. The molecule has 102 valence electrons. The van der Waals surface area contributed by atoms with Crippen molar-refractivity contribution in [1.82, 2.24) is 0 Å². The van der Waals surface area contributed by atoms with E-state index in [1.165, 1.54) is 0 Å². The van der Waals surface area contributed by atoms with Crippen LogP contribution in [-0.4, -0.2) is 26.2 Å². The molecule has 0 fully saturated rings. The van der Waals surface area contributed by atoms with E-state index in [-0.39, 0.29) is 11.9 Å². The van der Waals surface area contributed by atoms with E-state index in [2.05, 4.69) is 6.07 Å². The molecule has 0 aliphatic carbocycles. The van der Waals surface area contributed by atoms with Gasteiger partial charge in [-0.15, -0.1) is 0 Å². The Labute approximate surface area is 113 Å². The topological polar surface area (TPSA) is 79.3 Å². The second-order valence-corrected chi connectivity index (χ2v) is 4.40. The normalized spacial score (nSPS) is 11.5. The van der Waals surface area contributed by atoms with Crippen LogP contribution in [-0.2, 0) is 4.74 Å². The lowest BCUT2D eigenvalue weighted by Crippen LogP contribution is -2.24. The summed E-state index contributed by atoms with van der Waals surface area (Å²) in [4.78, 5) is 13.5. The van der Waals surface area contributed by atoms with Crippen molar-refractivity contribution in [2.24, 2.45) is 5.92 Å². The molecule has 0 bridgehead atoms. The summed E-state index contributed by atoms with van der Waals surface area (Å²) in [6, 6.07) is 7.17. The molecule has 1 aromatic carbocycles. The molecule has 1 rings (SSSR count). The van der Waals surface area contributed by atoms with Gasteiger partial charge in [0.2, 0.25) is 0 Å². The third kappa shape index (κ3) is 3.88. The van der Waals surface area contributed by atoms with Gasteiger partial charge in [0.25, 0.3) is 0 Å². The molecule has 19 heavy (non-hydrogen) atoms. The highest BCUT2D eigenvalue weighted by atomic mass is 16.5. The maximum atomic E-state index is 11.7. The molecule has 1 unspecified atom stereocenters. The summed E-state index contributed by atoms with van der Waals surface area (Å²) in [7, 11) is 1.84. The second-order valence-electron chi connectivity index (χ2n) is 4.40.